The van der Waals surface area contributed by atoms with Gasteiger partial charge in [-0.15, -0.1) is 0 Å². The van der Waals surface area contributed by atoms with E-state index in [1.165, 1.54) is 5.56 Å². The fraction of sp³-hybridized carbons (Fsp3) is 0.600. The van der Waals surface area contributed by atoms with Crippen molar-refractivity contribution < 1.29 is 14.3 Å². The summed E-state index contributed by atoms with van der Waals surface area (Å²) < 4.78 is 5.83. The van der Waals surface area contributed by atoms with Gasteiger partial charge < -0.3 is 14.5 Å². The number of hydrogen-bond donors (Lipinski definition) is 0. The molecule has 2 heterocycles. The molecule has 1 aromatic carbocycles. The first-order valence-electron chi connectivity index (χ1n) is 9.27. The highest BCUT2D eigenvalue weighted by Crippen LogP contribution is 2.25. The molecule has 0 aliphatic carbocycles. The van der Waals surface area contributed by atoms with Crippen molar-refractivity contribution in [3.63, 3.8) is 0 Å². The Morgan fingerprint density at radius 3 is 2.72 bits per heavy atom. The van der Waals surface area contributed by atoms with Gasteiger partial charge >= 0.3 is 0 Å². The maximum atomic E-state index is 12.6. The SMILES string of the molecule is CC(C)N1C[C@H]2CN(C(=O)CCc3ccccc3)CC[C@@H]2OCC1=O. The lowest BCUT2D eigenvalue weighted by molar-refractivity contribution is -0.138. The van der Waals surface area contributed by atoms with Crippen LogP contribution in [0.5, 0.6) is 0 Å². The molecule has 3 rings (SSSR count). The standard InChI is InChI=1S/C20H28N2O3/c1-15(2)22-13-17-12-21(11-10-18(17)25-14-20(22)24)19(23)9-8-16-6-4-3-5-7-16/h3-7,15,17-18H,8-14H2,1-2H3/t17-,18+/m1/s1. The van der Waals surface area contributed by atoms with E-state index in [1.54, 1.807) is 0 Å². The Labute approximate surface area is 149 Å². The van der Waals surface area contributed by atoms with Crippen molar-refractivity contribution in [2.24, 2.45) is 5.92 Å². The molecule has 5 nitrogen and oxygen atoms in total. The largest absolute Gasteiger partial charge is 0.368 e. The second kappa shape index (κ2) is 8.00. The highest BCUT2D eigenvalue weighted by molar-refractivity contribution is 5.78. The molecule has 2 aliphatic heterocycles. The number of ether oxygens (including phenoxy) is 1. The van der Waals surface area contributed by atoms with Crippen molar-refractivity contribution in [2.75, 3.05) is 26.2 Å². The zero-order valence-corrected chi connectivity index (χ0v) is 15.2. The molecule has 0 N–H and O–H groups in total. The molecule has 0 aromatic heterocycles. The molecule has 2 atom stereocenters. The van der Waals surface area contributed by atoms with E-state index in [0.717, 1.165) is 19.4 Å². The minimum Gasteiger partial charge on any atom is -0.368 e. The van der Waals surface area contributed by atoms with Gasteiger partial charge in [0, 0.05) is 38.0 Å². The fourth-order valence-electron chi connectivity index (χ4n) is 3.80. The zero-order valence-electron chi connectivity index (χ0n) is 15.2. The van der Waals surface area contributed by atoms with Crippen LogP contribution in [0.2, 0.25) is 0 Å². The van der Waals surface area contributed by atoms with E-state index in [9.17, 15) is 9.59 Å². The van der Waals surface area contributed by atoms with Gasteiger partial charge in [0.15, 0.2) is 0 Å². The molecule has 2 fully saturated rings. The van der Waals surface area contributed by atoms with Crippen LogP contribution in [0.15, 0.2) is 30.3 Å². The smallest absolute Gasteiger partial charge is 0.248 e. The van der Waals surface area contributed by atoms with E-state index in [4.69, 9.17) is 4.74 Å². The van der Waals surface area contributed by atoms with E-state index in [0.29, 0.717) is 19.5 Å². The third-order valence-electron chi connectivity index (χ3n) is 5.28. The molecular formula is C20H28N2O3. The van der Waals surface area contributed by atoms with Crippen LogP contribution >= 0.6 is 0 Å². The average molecular weight is 344 g/mol. The summed E-state index contributed by atoms with van der Waals surface area (Å²) in [7, 11) is 0. The number of likely N-dealkylation sites (tertiary alicyclic amines) is 1. The molecule has 0 radical (unpaired) electrons. The third kappa shape index (κ3) is 4.40. The van der Waals surface area contributed by atoms with Gasteiger partial charge in [0.1, 0.15) is 6.61 Å². The average Bonchev–Trinajstić information content (AvgIpc) is 2.79. The van der Waals surface area contributed by atoms with Gasteiger partial charge in [-0.25, -0.2) is 0 Å². The highest BCUT2D eigenvalue weighted by Gasteiger charge is 2.37. The number of rotatable bonds is 4. The van der Waals surface area contributed by atoms with Gasteiger partial charge in [-0.05, 0) is 32.3 Å². The van der Waals surface area contributed by atoms with Gasteiger partial charge in [-0.3, -0.25) is 9.59 Å². The predicted molar refractivity (Wildman–Crippen MR) is 96.0 cm³/mol. The Balaban J connectivity index is 1.58. The number of fused-ring (bicyclic) bond motifs is 1. The highest BCUT2D eigenvalue weighted by atomic mass is 16.5. The van der Waals surface area contributed by atoms with Crippen LogP contribution in [0.25, 0.3) is 0 Å². The maximum absolute atomic E-state index is 12.6. The molecule has 1 aromatic rings. The number of amides is 2. The normalized spacial score (nSPS) is 24.2. The van der Waals surface area contributed by atoms with E-state index in [2.05, 4.69) is 12.1 Å². The van der Waals surface area contributed by atoms with E-state index >= 15 is 0 Å². The van der Waals surface area contributed by atoms with Crippen molar-refractivity contribution in [1.82, 2.24) is 9.80 Å². The predicted octanol–water partition coefficient (Wildman–Crippen LogP) is 2.10. The maximum Gasteiger partial charge on any atom is 0.248 e. The van der Waals surface area contributed by atoms with Gasteiger partial charge in [0.25, 0.3) is 0 Å². The molecule has 25 heavy (non-hydrogen) atoms. The van der Waals surface area contributed by atoms with E-state index in [-0.39, 0.29) is 36.5 Å². The molecule has 2 saturated heterocycles. The number of hydrogen-bond acceptors (Lipinski definition) is 3. The van der Waals surface area contributed by atoms with Crippen molar-refractivity contribution in [2.45, 2.75) is 45.3 Å². The third-order valence-corrected chi connectivity index (χ3v) is 5.28. The van der Waals surface area contributed by atoms with Crippen LogP contribution in [-0.4, -0.2) is 60.0 Å². The first kappa shape index (κ1) is 17.9. The molecular weight excluding hydrogens is 316 g/mol. The van der Waals surface area contributed by atoms with Crippen molar-refractivity contribution in [3.05, 3.63) is 35.9 Å². The van der Waals surface area contributed by atoms with Gasteiger partial charge in [-0.2, -0.15) is 0 Å². The topological polar surface area (TPSA) is 49.9 Å². The first-order valence-corrected chi connectivity index (χ1v) is 9.27. The van der Waals surface area contributed by atoms with Crippen LogP contribution < -0.4 is 0 Å². The lowest BCUT2D eigenvalue weighted by Gasteiger charge is -2.38. The first-order chi connectivity index (χ1) is 12.0. The lowest BCUT2D eigenvalue weighted by atomic mass is 9.93. The minimum absolute atomic E-state index is 0.0614. The molecule has 0 spiro atoms. The van der Waals surface area contributed by atoms with Crippen LogP contribution in [0.4, 0.5) is 0 Å². The Hall–Kier alpha value is -1.88. The summed E-state index contributed by atoms with van der Waals surface area (Å²) in [5.74, 6) is 0.476. The Morgan fingerprint density at radius 2 is 2.00 bits per heavy atom. The Bertz CT molecular complexity index is 602. The number of benzene rings is 1. The summed E-state index contributed by atoms with van der Waals surface area (Å²) in [6, 6.07) is 10.3. The number of carbonyl (C=O) groups is 2. The van der Waals surface area contributed by atoms with E-state index in [1.807, 2.05) is 41.8 Å². The van der Waals surface area contributed by atoms with Crippen LogP contribution in [0.1, 0.15) is 32.3 Å². The summed E-state index contributed by atoms with van der Waals surface area (Å²) in [6.07, 6.45) is 2.22. The second-order valence-corrected chi connectivity index (χ2v) is 7.36. The fourth-order valence-corrected chi connectivity index (χ4v) is 3.80. The van der Waals surface area contributed by atoms with Crippen molar-refractivity contribution in [1.29, 1.82) is 0 Å². The summed E-state index contributed by atoms with van der Waals surface area (Å²) in [5, 5.41) is 0. The van der Waals surface area contributed by atoms with Gasteiger partial charge in [0.2, 0.25) is 11.8 Å². The Kier molecular flexibility index (Phi) is 5.74. The summed E-state index contributed by atoms with van der Waals surface area (Å²) in [6.45, 7) is 6.33. The number of nitrogens with zero attached hydrogens (tertiary/aromatic N) is 2. The molecule has 136 valence electrons. The molecule has 5 heteroatoms. The summed E-state index contributed by atoms with van der Waals surface area (Å²) >= 11 is 0. The van der Waals surface area contributed by atoms with Crippen LogP contribution in [0.3, 0.4) is 0 Å². The lowest BCUT2D eigenvalue weighted by Crippen LogP contribution is -2.50. The second-order valence-electron chi connectivity index (χ2n) is 7.36. The van der Waals surface area contributed by atoms with Crippen molar-refractivity contribution >= 4 is 11.8 Å². The number of aryl methyl sites for hydroxylation is 1. The molecule has 0 saturated carbocycles. The van der Waals surface area contributed by atoms with Crippen molar-refractivity contribution in [3.8, 4) is 0 Å². The number of carbonyl (C=O) groups excluding carboxylic acids is 2. The Morgan fingerprint density at radius 1 is 1.24 bits per heavy atom. The number of piperidine rings is 1. The monoisotopic (exact) mass is 344 g/mol. The molecule has 2 aliphatic rings. The zero-order chi connectivity index (χ0) is 17.8. The molecule has 2 amide bonds. The van der Waals surface area contributed by atoms with Gasteiger partial charge in [-0.1, -0.05) is 30.3 Å². The molecule has 0 bridgehead atoms. The minimum atomic E-state index is 0.0614. The van der Waals surface area contributed by atoms with Crippen LogP contribution in [-0.2, 0) is 20.7 Å². The summed E-state index contributed by atoms with van der Waals surface area (Å²) in [5.41, 5.74) is 1.19. The molecule has 0 unspecified atom stereocenters. The quantitative estimate of drug-likeness (QED) is 0.840. The summed E-state index contributed by atoms with van der Waals surface area (Å²) in [4.78, 5) is 28.7. The van der Waals surface area contributed by atoms with Crippen LogP contribution in [0, 0.1) is 5.92 Å². The van der Waals surface area contributed by atoms with E-state index < -0.39 is 0 Å². The van der Waals surface area contributed by atoms with Gasteiger partial charge in [0.05, 0.1) is 6.10 Å².